The predicted octanol–water partition coefficient (Wildman–Crippen LogP) is 1.36. The highest BCUT2D eigenvalue weighted by molar-refractivity contribution is 7.18. The van der Waals surface area contributed by atoms with Gasteiger partial charge in [0.1, 0.15) is 6.20 Å². The molecular formula is C9H14N4O3S. The number of thiazole rings is 1. The van der Waals surface area contributed by atoms with E-state index < -0.39 is 11.0 Å². The fourth-order valence-corrected chi connectivity index (χ4v) is 1.86. The highest BCUT2D eigenvalue weighted by atomic mass is 32.1. The van der Waals surface area contributed by atoms with E-state index in [9.17, 15) is 14.9 Å². The van der Waals surface area contributed by atoms with E-state index in [0.29, 0.717) is 12.3 Å². The summed E-state index contributed by atoms with van der Waals surface area (Å²) in [5.74, 6) is -0.0654. The van der Waals surface area contributed by atoms with Crippen LogP contribution in [0.5, 0.6) is 0 Å². The topological polar surface area (TPSA) is 111 Å². The Morgan fingerprint density at radius 2 is 2.35 bits per heavy atom. The van der Waals surface area contributed by atoms with E-state index >= 15 is 0 Å². The Kier molecular flexibility index (Phi) is 4.53. The Balaban J connectivity index is 2.58. The quantitative estimate of drug-likeness (QED) is 0.612. The normalized spacial score (nSPS) is 12.5. The maximum Gasteiger partial charge on any atom is 0.345 e. The first-order valence-corrected chi connectivity index (χ1v) is 5.88. The number of carbonyl (C=O) groups is 1. The molecule has 0 aliphatic heterocycles. The molecule has 0 aliphatic rings. The van der Waals surface area contributed by atoms with Crippen molar-refractivity contribution < 1.29 is 9.72 Å². The van der Waals surface area contributed by atoms with Crippen molar-refractivity contribution >= 4 is 27.4 Å². The van der Waals surface area contributed by atoms with Gasteiger partial charge in [0.15, 0.2) is 5.13 Å². The van der Waals surface area contributed by atoms with Gasteiger partial charge in [0.25, 0.3) is 0 Å². The molecule has 1 amide bonds. The average molecular weight is 258 g/mol. The Bertz CT molecular complexity index is 418. The summed E-state index contributed by atoms with van der Waals surface area (Å²) in [5, 5.41) is 13.0. The lowest BCUT2D eigenvalue weighted by atomic mass is 10.0. The Labute approximate surface area is 102 Å². The van der Waals surface area contributed by atoms with E-state index in [2.05, 4.69) is 10.3 Å². The fourth-order valence-electron chi connectivity index (χ4n) is 1.22. The molecule has 17 heavy (non-hydrogen) atoms. The molecule has 0 saturated carbocycles. The monoisotopic (exact) mass is 258 g/mol. The van der Waals surface area contributed by atoms with Crippen molar-refractivity contribution in [1.82, 2.24) is 4.98 Å². The zero-order valence-corrected chi connectivity index (χ0v) is 10.4. The van der Waals surface area contributed by atoms with Crippen LogP contribution in [-0.4, -0.2) is 21.9 Å². The van der Waals surface area contributed by atoms with Crippen molar-refractivity contribution in [2.45, 2.75) is 26.3 Å². The van der Waals surface area contributed by atoms with Crippen molar-refractivity contribution in [3.8, 4) is 0 Å². The number of hydrogen-bond donors (Lipinski definition) is 2. The van der Waals surface area contributed by atoms with E-state index in [0.717, 1.165) is 17.5 Å². The van der Waals surface area contributed by atoms with Gasteiger partial charge in [-0.05, 0) is 23.7 Å². The van der Waals surface area contributed by atoms with Crippen LogP contribution >= 0.6 is 11.3 Å². The van der Waals surface area contributed by atoms with Gasteiger partial charge in [0.2, 0.25) is 5.91 Å². The van der Waals surface area contributed by atoms with Gasteiger partial charge in [-0.15, -0.1) is 0 Å². The first-order chi connectivity index (χ1) is 7.90. The van der Waals surface area contributed by atoms with Gasteiger partial charge in [0, 0.05) is 0 Å². The number of aromatic nitrogens is 1. The number of amides is 1. The number of nitrogens with one attached hydrogen (secondary N) is 1. The van der Waals surface area contributed by atoms with Crippen molar-refractivity contribution in [3.63, 3.8) is 0 Å². The van der Waals surface area contributed by atoms with Gasteiger partial charge in [-0.1, -0.05) is 13.8 Å². The number of nitro groups is 1. The van der Waals surface area contributed by atoms with Crippen LogP contribution in [-0.2, 0) is 4.79 Å². The lowest BCUT2D eigenvalue weighted by Crippen LogP contribution is -2.36. The Morgan fingerprint density at radius 3 is 2.82 bits per heavy atom. The third-order valence-corrected chi connectivity index (χ3v) is 2.83. The molecule has 1 aromatic rings. The van der Waals surface area contributed by atoms with Crippen LogP contribution in [0.2, 0.25) is 0 Å². The molecule has 0 unspecified atom stereocenters. The molecule has 0 aliphatic carbocycles. The minimum Gasteiger partial charge on any atom is -0.320 e. The minimum atomic E-state index is -0.627. The van der Waals surface area contributed by atoms with Gasteiger partial charge in [-0.2, -0.15) is 0 Å². The summed E-state index contributed by atoms with van der Waals surface area (Å²) < 4.78 is 0. The van der Waals surface area contributed by atoms with E-state index in [1.807, 2.05) is 13.8 Å². The van der Waals surface area contributed by atoms with E-state index in [1.54, 1.807) is 0 Å². The molecule has 0 radical (unpaired) electrons. The molecule has 0 bridgehead atoms. The summed E-state index contributed by atoms with van der Waals surface area (Å²) in [5.41, 5.74) is 5.66. The van der Waals surface area contributed by atoms with Gasteiger partial charge >= 0.3 is 5.00 Å². The second-order valence-electron chi connectivity index (χ2n) is 3.99. The number of nitrogens with zero attached hydrogens (tertiary/aromatic N) is 2. The molecule has 7 nitrogen and oxygen atoms in total. The van der Waals surface area contributed by atoms with Crippen LogP contribution in [0.15, 0.2) is 6.20 Å². The first kappa shape index (κ1) is 13.5. The van der Waals surface area contributed by atoms with Crippen LogP contribution in [0.4, 0.5) is 10.1 Å². The Morgan fingerprint density at radius 1 is 1.71 bits per heavy atom. The van der Waals surface area contributed by atoms with Crippen LogP contribution in [0.3, 0.4) is 0 Å². The highest BCUT2D eigenvalue weighted by Gasteiger charge is 2.18. The molecular weight excluding hydrogens is 244 g/mol. The summed E-state index contributed by atoms with van der Waals surface area (Å²) >= 11 is 0.808. The molecule has 8 heteroatoms. The molecule has 1 rings (SSSR count). The van der Waals surface area contributed by atoms with E-state index in [-0.39, 0.29) is 16.0 Å². The molecule has 0 fully saturated rings. The molecule has 1 atom stereocenters. The van der Waals surface area contributed by atoms with Gasteiger partial charge in [0.05, 0.1) is 11.0 Å². The smallest absolute Gasteiger partial charge is 0.320 e. The van der Waals surface area contributed by atoms with Crippen molar-refractivity contribution in [2.24, 2.45) is 11.7 Å². The van der Waals surface area contributed by atoms with Crippen LogP contribution in [0.1, 0.15) is 20.3 Å². The largest absolute Gasteiger partial charge is 0.345 e. The molecule has 0 aromatic carbocycles. The number of nitrogens with two attached hydrogens (primary N) is 1. The standard InChI is InChI=1S/C9H14N4O3S/c1-5(2)3-6(10)8(14)12-9-11-4-7(17-9)13(15)16/h4-6H,3,10H2,1-2H3,(H,11,12,14)/t6-/m0/s1. The SMILES string of the molecule is CC(C)C[C@H](N)C(=O)Nc1ncc([N+](=O)[O-])s1. The zero-order valence-electron chi connectivity index (χ0n) is 9.54. The lowest BCUT2D eigenvalue weighted by Gasteiger charge is -2.12. The van der Waals surface area contributed by atoms with Gasteiger partial charge in [-0.3, -0.25) is 14.9 Å². The number of hydrogen-bond acceptors (Lipinski definition) is 6. The summed E-state index contributed by atoms with van der Waals surface area (Å²) in [7, 11) is 0. The fraction of sp³-hybridized carbons (Fsp3) is 0.556. The zero-order chi connectivity index (χ0) is 13.0. The van der Waals surface area contributed by atoms with Gasteiger partial charge in [-0.25, -0.2) is 4.98 Å². The molecule has 3 N–H and O–H groups in total. The summed E-state index contributed by atoms with van der Waals surface area (Å²) in [6.07, 6.45) is 1.66. The lowest BCUT2D eigenvalue weighted by molar-refractivity contribution is -0.380. The first-order valence-electron chi connectivity index (χ1n) is 5.06. The number of rotatable bonds is 5. The maximum absolute atomic E-state index is 11.6. The minimum absolute atomic E-state index is 0.113. The van der Waals surface area contributed by atoms with Crippen molar-refractivity contribution in [3.05, 3.63) is 16.3 Å². The van der Waals surface area contributed by atoms with Gasteiger partial charge < -0.3 is 11.1 Å². The second-order valence-corrected chi connectivity index (χ2v) is 5.00. The second kappa shape index (κ2) is 5.69. The third-order valence-electron chi connectivity index (χ3n) is 1.97. The van der Waals surface area contributed by atoms with Crippen LogP contribution < -0.4 is 11.1 Å². The summed E-state index contributed by atoms with van der Waals surface area (Å²) in [6, 6.07) is -0.627. The third kappa shape index (κ3) is 4.08. The van der Waals surface area contributed by atoms with Crippen molar-refractivity contribution in [2.75, 3.05) is 5.32 Å². The summed E-state index contributed by atoms with van der Waals surface area (Å²) in [6.45, 7) is 3.92. The average Bonchev–Trinajstić information content (AvgIpc) is 2.65. The number of anilines is 1. The van der Waals surface area contributed by atoms with Crippen LogP contribution in [0, 0.1) is 16.0 Å². The maximum atomic E-state index is 11.6. The van der Waals surface area contributed by atoms with E-state index in [1.165, 1.54) is 0 Å². The van der Waals surface area contributed by atoms with E-state index in [4.69, 9.17) is 5.73 Å². The molecule has 0 saturated heterocycles. The predicted molar refractivity (Wildman–Crippen MR) is 64.8 cm³/mol. The molecule has 1 heterocycles. The van der Waals surface area contributed by atoms with Crippen molar-refractivity contribution in [1.29, 1.82) is 0 Å². The highest BCUT2D eigenvalue weighted by Crippen LogP contribution is 2.25. The number of carbonyl (C=O) groups excluding carboxylic acids is 1. The molecule has 94 valence electrons. The summed E-state index contributed by atoms with van der Waals surface area (Å²) in [4.78, 5) is 25.2. The molecule has 1 aromatic heterocycles. The van der Waals surface area contributed by atoms with Crippen LogP contribution in [0.25, 0.3) is 0 Å². The Hall–Kier alpha value is -1.54. The molecule has 0 spiro atoms.